The SMILES string of the molecule is CN(C)C(=O)c1c2c(c(O)c(=O)n1CCN1CCCC1)C(=O)N(Cc1ccc(F)c(Cl)c1)CC2. The first-order chi connectivity index (χ1) is 16.2. The zero-order chi connectivity index (χ0) is 24.6. The predicted molar refractivity (Wildman–Crippen MR) is 126 cm³/mol. The molecule has 3 heterocycles. The van der Waals surface area contributed by atoms with Gasteiger partial charge in [0.1, 0.15) is 11.5 Å². The fourth-order valence-corrected chi connectivity index (χ4v) is 4.87. The zero-order valence-corrected chi connectivity index (χ0v) is 20.1. The molecule has 0 bridgehead atoms. The van der Waals surface area contributed by atoms with Crippen molar-refractivity contribution in [3.63, 3.8) is 0 Å². The van der Waals surface area contributed by atoms with E-state index < -0.39 is 23.0 Å². The number of carbonyl (C=O) groups excluding carboxylic acids is 2. The summed E-state index contributed by atoms with van der Waals surface area (Å²) in [5.41, 5.74) is 0.275. The zero-order valence-electron chi connectivity index (χ0n) is 19.3. The highest BCUT2D eigenvalue weighted by atomic mass is 35.5. The lowest BCUT2D eigenvalue weighted by atomic mass is 9.95. The number of amides is 2. The summed E-state index contributed by atoms with van der Waals surface area (Å²) < 4.78 is 14.8. The third kappa shape index (κ3) is 4.54. The summed E-state index contributed by atoms with van der Waals surface area (Å²) in [4.78, 5) is 44.7. The van der Waals surface area contributed by atoms with Crippen molar-refractivity contribution in [3.05, 3.63) is 61.8 Å². The number of hydrogen-bond acceptors (Lipinski definition) is 5. The van der Waals surface area contributed by atoms with Crippen LogP contribution < -0.4 is 5.56 Å². The number of rotatable bonds is 6. The second-order valence-electron chi connectivity index (χ2n) is 8.98. The second-order valence-corrected chi connectivity index (χ2v) is 9.39. The molecular formula is C24H28ClFN4O4. The molecule has 4 rings (SSSR count). The van der Waals surface area contributed by atoms with Crippen molar-refractivity contribution in [1.29, 1.82) is 0 Å². The molecule has 1 fully saturated rings. The number of hydrogen-bond donors (Lipinski definition) is 1. The van der Waals surface area contributed by atoms with Crippen LogP contribution in [0.15, 0.2) is 23.0 Å². The first-order valence-corrected chi connectivity index (χ1v) is 11.7. The maximum Gasteiger partial charge on any atom is 0.294 e. The van der Waals surface area contributed by atoms with Gasteiger partial charge in [-0.2, -0.15) is 0 Å². The largest absolute Gasteiger partial charge is 0.502 e. The van der Waals surface area contributed by atoms with Gasteiger partial charge in [-0.05, 0) is 50.0 Å². The van der Waals surface area contributed by atoms with Crippen molar-refractivity contribution in [2.24, 2.45) is 0 Å². The average molecular weight is 491 g/mol. The van der Waals surface area contributed by atoms with E-state index in [1.165, 1.54) is 32.6 Å². The molecule has 8 nitrogen and oxygen atoms in total. The Balaban J connectivity index is 1.72. The van der Waals surface area contributed by atoms with Gasteiger partial charge >= 0.3 is 0 Å². The molecule has 0 saturated carbocycles. The summed E-state index contributed by atoms with van der Waals surface area (Å²) in [5, 5.41) is 10.8. The Bertz CT molecular complexity index is 1190. The van der Waals surface area contributed by atoms with Gasteiger partial charge in [0, 0.05) is 45.8 Å². The van der Waals surface area contributed by atoms with E-state index in [4.69, 9.17) is 11.6 Å². The van der Waals surface area contributed by atoms with E-state index in [9.17, 15) is 23.9 Å². The Morgan fingerprint density at radius 1 is 1.15 bits per heavy atom. The molecule has 1 N–H and O–H groups in total. The second kappa shape index (κ2) is 9.76. The molecule has 182 valence electrons. The van der Waals surface area contributed by atoms with Crippen LogP contribution in [0.25, 0.3) is 0 Å². The first kappa shape index (κ1) is 24.2. The van der Waals surface area contributed by atoms with Gasteiger partial charge < -0.3 is 19.8 Å². The van der Waals surface area contributed by atoms with Gasteiger partial charge in [0.05, 0.1) is 10.6 Å². The molecule has 2 amide bonds. The number of pyridine rings is 1. The summed E-state index contributed by atoms with van der Waals surface area (Å²) in [6.45, 7) is 3.11. The molecule has 0 atom stereocenters. The minimum Gasteiger partial charge on any atom is -0.502 e. The molecule has 1 aromatic carbocycles. The fourth-order valence-electron chi connectivity index (χ4n) is 4.67. The standard InChI is InChI=1S/C24H28ClFN4O4/c1-27(2)23(33)20-16-7-10-29(14-15-5-6-18(26)17(25)13-15)22(32)19(16)21(31)24(34)30(20)12-11-28-8-3-4-9-28/h5-6,13,31H,3-4,7-12,14H2,1-2H3. The third-order valence-electron chi connectivity index (χ3n) is 6.48. The van der Waals surface area contributed by atoms with Gasteiger partial charge in [0.15, 0.2) is 5.75 Å². The van der Waals surface area contributed by atoms with Crippen LogP contribution in [-0.2, 0) is 19.5 Å². The minimum absolute atomic E-state index is 0.0510. The number of nitrogens with zero attached hydrogens (tertiary/aromatic N) is 4. The van der Waals surface area contributed by atoms with E-state index in [2.05, 4.69) is 4.90 Å². The van der Waals surface area contributed by atoms with Crippen LogP contribution in [0.3, 0.4) is 0 Å². The number of likely N-dealkylation sites (tertiary alicyclic amines) is 1. The van der Waals surface area contributed by atoms with Crippen LogP contribution in [0.5, 0.6) is 5.75 Å². The summed E-state index contributed by atoms with van der Waals surface area (Å²) >= 11 is 5.87. The van der Waals surface area contributed by atoms with Crippen LogP contribution in [0.2, 0.25) is 5.02 Å². The number of benzene rings is 1. The number of carbonyl (C=O) groups is 2. The van der Waals surface area contributed by atoms with Crippen LogP contribution >= 0.6 is 11.6 Å². The highest BCUT2D eigenvalue weighted by Gasteiger charge is 2.35. The molecule has 0 aliphatic carbocycles. The van der Waals surface area contributed by atoms with Gasteiger partial charge in [-0.3, -0.25) is 19.0 Å². The highest BCUT2D eigenvalue weighted by Crippen LogP contribution is 2.30. The molecule has 2 aromatic rings. The van der Waals surface area contributed by atoms with Crippen molar-refractivity contribution in [2.45, 2.75) is 32.4 Å². The third-order valence-corrected chi connectivity index (χ3v) is 6.77. The molecule has 2 aliphatic heterocycles. The van der Waals surface area contributed by atoms with Gasteiger partial charge in [-0.25, -0.2) is 4.39 Å². The molecule has 2 aliphatic rings. The molecular weight excluding hydrogens is 463 g/mol. The topological polar surface area (TPSA) is 86.1 Å². The monoisotopic (exact) mass is 490 g/mol. The predicted octanol–water partition coefficient (Wildman–Crippen LogP) is 2.34. The Morgan fingerprint density at radius 3 is 2.50 bits per heavy atom. The quantitative estimate of drug-likeness (QED) is 0.671. The van der Waals surface area contributed by atoms with E-state index in [1.807, 2.05) is 0 Å². The summed E-state index contributed by atoms with van der Waals surface area (Å²) in [6, 6.07) is 4.20. The molecule has 1 saturated heterocycles. The Morgan fingerprint density at radius 2 is 1.85 bits per heavy atom. The van der Waals surface area contributed by atoms with E-state index in [-0.39, 0.29) is 41.8 Å². The van der Waals surface area contributed by atoms with E-state index >= 15 is 0 Å². The summed E-state index contributed by atoms with van der Waals surface area (Å²) in [7, 11) is 3.18. The lowest BCUT2D eigenvalue weighted by Gasteiger charge is -2.32. The van der Waals surface area contributed by atoms with E-state index in [1.54, 1.807) is 14.1 Å². The Labute approximate surface area is 202 Å². The van der Waals surface area contributed by atoms with Crippen molar-refractivity contribution >= 4 is 23.4 Å². The molecule has 0 radical (unpaired) electrons. The van der Waals surface area contributed by atoms with Gasteiger partial charge in [-0.15, -0.1) is 0 Å². The van der Waals surface area contributed by atoms with Crippen molar-refractivity contribution in [1.82, 2.24) is 19.3 Å². The average Bonchev–Trinajstić information content (AvgIpc) is 3.32. The lowest BCUT2D eigenvalue weighted by molar-refractivity contribution is 0.0719. The van der Waals surface area contributed by atoms with Gasteiger partial charge in [0.25, 0.3) is 17.4 Å². The summed E-state index contributed by atoms with van der Waals surface area (Å²) in [6.07, 6.45) is 2.48. The molecule has 0 spiro atoms. The number of halogens is 2. The Hall–Kier alpha value is -2.91. The molecule has 0 unspecified atom stereocenters. The Kier molecular flexibility index (Phi) is 6.95. The molecule has 1 aromatic heterocycles. The maximum atomic E-state index is 13.5. The van der Waals surface area contributed by atoms with Crippen LogP contribution in [-0.4, -0.2) is 76.5 Å². The minimum atomic E-state index is -0.747. The number of aromatic hydroxyl groups is 1. The van der Waals surface area contributed by atoms with E-state index in [0.717, 1.165) is 25.9 Å². The van der Waals surface area contributed by atoms with Crippen LogP contribution in [0, 0.1) is 5.82 Å². The first-order valence-electron chi connectivity index (χ1n) is 11.3. The van der Waals surface area contributed by atoms with Crippen LogP contribution in [0.1, 0.15) is 44.8 Å². The van der Waals surface area contributed by atoms with Gasteiger partial charge in [0.2, 0.25) is 0 Å². The number of aromatic nitrogens is 1. The van der Waals surface area contributed by atoms with E-state index in [0.29, 0.717) is 24.1 Å². The maximum absolute atomic E-state index is 13.5. The number of fused-ring (bicyclic) bond motifs is 1. The highest BCUT2D eigenvalue weighted by molar-refractivity contribution is 6.30. The van der Waals surface area contributed by atoms with Gasteiger partial charge in [-0.1, -0.05) is 17.7 Å². The molecule has 10 heteroatoms. The lowest BCUT2D eigenvalue weighted by Crippen LogP contribution is -2.43. The smallest absolute Gasteiger partial charge is 0.294 e. The summed E-state index contributed by atoms with van der Waals surface area (Å²) in [5.74, 6) is -2.13. The fraction of sp³-hybridized carbons (Fsp3) is 0.458. The molecule has 34 heavy (non-hydrogen) atoms. The normalized spacial score (nSPS) is 16.1. The van der Waals surface area contributed by atoms with Crippen LogP contribution in [0.4, 0.5) is 4.39 Å². The van der Waals surface area contributed by atoms with Crippen molar-refractivity contribution in [2.75, 3.05) is 40.3 Å². The van der Waals surface area contributed by atoms with Crippen molar-refractivity contribution in [3.8, 4) is 5.75 Å². The van der Waals surface area contributed by atoms with Crippen molar-refractivity contribution < 1.29 is 19.1 Å².